The van der Waals surface area contributed by atoms with Gasteiger partial charge in [0, 0.05) is 6.54 Å². The third kappa shape index (κ3) is 5.45. The van der Waals surface area contributed by atoms with Gasteiger partial charge in [-0.25, -0.2) is 4.79 Å². The van der Waals surface area contributed by atoms with Crippen molar-refractivity contribution in [1.29, 1.82) is 0 Å². The molecule has 0 spiro atoms. The number of aromatic nitrogens is 2. The van der Waals surface area contributed by atoms with Crippen LogP contribution in [0.1, 0.15) is 23.7 Å². The number of hydrogen-bond acceptors (Lipinski definition) is 5. The first kappa shape index (κ1) is 19.2. The highest BCUT2D eigenvalue weighted by atomic mass is 79.9. The van der Waals surface area contributed by atoms with Crippen LogP contribution in [0.5, 0.6) is 5.88 Å². The zero-order valence-electron chi connectivity index (χ0n) is 13.2. The van der Waals surface area contributed by atoms with Gasteiger partial charge < -0.3 is 20.5 Å². The lowest BCUT2D eigenvalue weighted by Gasteiger charge is -2.06. The minimum atomic E-state index is -0.725. The summed E-state index contributed by atoms with van der Waals surface area (Å²) in [5, 5.41) is 20.9. The van der Waals surface area contributed by atoms with Gasteiger partial charge in [0.2, 0.25) is 0 Å². The molecule has 25 heavy (non-hydrogen) atoms. The van der Waals surface area contributed by atoms with Crippen LogP contribution >= 0.6 is 27.5 Å². The van der Waals surface area contributed by atoms with Gasteiger partial charge in [0.1, 0.15) is 10.3 Å². The second-order valence-corrected chi connectivity index (χ2v) is 6.31. The highest BCUT2D eigenvalue weighted by Gasteiger charge is 2.18. The smallest absolute Gasteiger partial charge is 0.393 e. The molecular formula is C15H16BrClN4O4. The minimum absolute atomic E-state index is 0.0380. The van der Waals surface area contributed by atoms with Crippen LogP contribution in [0, 0.1) is 0 Å². The van der Waals surface area contributed by atoms with E-state index in [9.17, 15) is 9.59 Å². The fourth-order valence-corrected chi connectivity index (χ4v) is 2.37. The Morgan fingerprint density at radius 3 is 2.84 bits per heavy atom. The topological polar surface area (TPSA) is 116 Å². The number of hydrogen-bond donors (Lipinski definition) is 4. The SMILES string of the molecule is CC(O)CCNC(=O)Oc1n[nH]c(NC(=O)c2ccccc2Cl)c1Br. The number of amides is 2. The number of carbonyl (C=O) groups is 2. The normalized spacial score (nSPS) is 11.7. The van der Waals surface area contributed by atoms with Crippen molar-refractivity contribution in [2.45, 2.75) is 19.4 Å². The summed E-state index contributed by atoms with van der Waals surface area (Å²) in [7, 11) is 0. The van der Waals surface area contributed by atoms with Crippen molar-refractivity contribution in [1.82, 2.24) is 15.5 Å². The molecule has 0 fully saturated rings. The average molecular weight is 432 g/mol. The first-order valence-electron chi connectivity index (χ1n) is 7.32. The standard InChI is InChI=1S/C15H16BrClN4O4/c1-8(22)6-7-18-15(24)25-14-11(16)12(20-21-14)19-13(23)9-4-2-3-5-10(9)17/h2-5,8,22H,6-7H2,1H3,(H,18,24)(H2,19,20,21,23). The summed E-state index contributed by atoms with van der Waals surface area (Å²) >= 11 is 9.18. The highest BCUT2D eigenvalue weighted by molar-refractivity contribution is 9.10. The van der Waals surface area contributed by atoms with Crippen molar-refractivity contribution < 1.29 is 19.4 Å². The largest absolute Gasteiger partial charge is 0.414 e. The first-order valence-corrected chi connectivity index (χ1v) is 8.49. The van der Waals surface area contributed by atoms with E-state index >= 15 is 0 Å². The van der Waals surface area contributed by atoms with Gasteiger partial charge in [0.15, 0.2) is 0 Å². The Hall–Kier alpha value is -2.10. The van der Waals surface area contributed by atoms with Crippen LogP contribution in [0.2, 0.25) is 5.02 Å². The van der Waals surface area contributed by atoms with Gasteiger partial charge in [-0.1, -0.05) is 23.7 Å². The fourth-order valence-electron chi connectivity index (χ4n) is 1.80. The molecule has 0 saturated heterocycles. The lowest BCUT2D eigenvalue weighted by molar-refractivity contribution is 0.102. The third-order valence-electron chi connectivity index (χ3n) is 3.05. The molecule has 4 N–H and O–H groups in total. The molecule has 8 nitrogen and oxygen atoms in total. The van der Waals surface area contributed by atoms with Gasteiger partial charge in [0.05, 0.1) is 16.7 Å². The number of ether oxygens (including phenoxy) is 1. The lowest BCUT2D eigenvalue weighted by atomic mass is 10.2. The van der Waals surface area contributed by atoms with Gasteiger partial charge in [-0.15, -0.1) is 5.10 Å². The van der Waals surface area contributed by atoms with E-state index in [1.54, 1.807) is 31.2 Å². The minimum Gasteiger partial charge on any atom is -0.393 e. The lowest BCUT2D eigenvalue weighted by Crippen LogP contribution is -2.29. The second kappa shape index (κ2) is 8.84. The van der Waals surface area contributed by atoms with E-state index in [2.05, 4.69) is 36.8 Å². The zero-order valence-corrected chi connectivity index (χ0v) is 15.5. The molecule has 2 amide bonds. The number of carbonyl (C=O) groups excluding carboxylic acids is 2. The van der Waals surface area contributed by atoms with Crippen molar-refractivity contribution in [3.8, 4) is 5.88 Å². The third-order valence-corrected chi connectivity index (χ3v) is 4.12. The molecule has 1 unspecified atom stereocenters. The van der Waals surface area contributed by atoms with Crippen molar-refractivity contribution in [3.63, 3.8) is 0 Å². The maximum absolute atomic E-state index is 12.2. The van der Waals surface area contributed by atoms with E-state index in [-0.39, 0.29) is 22.7 Å². The number of aliphatic hydroxyl groups excluding tert-OH is 1. The summed E-state index contributed by atoms with van der Waals surface area (Å²) in [6, 6.07) is 6.59. The number of aliphatic hydroxyl groups is 1. The summed E-state index contributed by atoms with van der Waals surface area (Å²) in [6.45, 7) is 1.87. The molecule has 1 aromatic carbocycles. The number of rotatable bonds is 6. The number of anilines is 1. The van der Waals surface area contributed by atoms with Crippen LogP contribution in [0.4, 0.5) is 10.6 Å². The molecule has 0 aliphatic rings. The molecule has 0 saturated carbocycles. The molecule has 134 valence electrons. The maximum atomic E-state index is 12.2. The van der Waals surface area contributed by atoms with E-state index < -0.39 is 18.1 Å². The Labute approximate surface area is 157 Å². The van der Waals surface area contributed by atoms with E-state index in [0.717, 1.165) is 0 Å². The van der Waals surface area contributed by atoms with E-state index in [1.807, 2.05) is 0 Å². The predicted molar refractivity (Wildman–Crippen MR) is 96.0 cm³/mol. The van der Waals surface area contributed by atoms with Gasteiger partial charge in [-0.05, 0) is 41.4 Å². The van der Waals surface area contributed by atoms with Crippen LogP contribution in [-0.4, -0.2) is 40.0 Å². The first-order chi connectivity index (χ1) is 11.9. The summed E-state index contributed by atoms with van der Waals surface area (Å²) in [5.74, 6) is -0.261. The number of nitrogens with one attached hydrogen (secondary N) is 3. The Morgan fingerprint density at radius 2 is 2.16 bits per heavy atom. The summed E-state index contributed by atoms with van der Waals surface area (Å²) < 4.78 is 5.30. The van der Waals surface area contributed by atoms with Crippen LogP contribution < -0.4 is 15.4 Å². The number of benzene rings is 1. The van der Waals surface area contributed by atoms with Gasteiger partial charge in [-0.2, -0.15) is 0 Å². The van der Waals surface area contributed by atoms with Gasteiger partial charge >= 0.3 is 6.09 Å². The summed E-state index contributed by atoms with van der Waals surface area (Å²) in [6.07, 6.45) is -0.850. The maximum Gasteiger partial charge on any atom is 0.414 e. The Morgan fingerprint density at radius 1 is 1.44 bits per heavy atom. The molecule has 2 aromatic rings. The summed E-state index contributed by atoms with van der Waals surface area (Å²) in [4.78, 5) is 23.9. The van der Waals surface area contributed by atoms with E-state index in [1.165, 1.54) is 0 Å². The molecule has 10 heteroatoms. The molecule has 1 atom stereocenters. The molecule has 0 radical (unpaired) electrons. The molecular weight excluding hydrogens is 416 g/mol. The van der Waals surface area contributed by atoms with E-state index in [0.29, 0.717) is 17.0 Å². The quantitative estimate of drug-likeness (QED) is 0.561. The number of H-pyrrole nitrogens is 1. The molecule has 2 rings (SSSR count). The van der Waals surface area contributed by atoms with Gasteiger partial charge in [-0.3, -0.25) is 9.89 Å². The van der Waals surface area contributed by atoms with Crippen molar-refractivity contribution in [3.05, 3.63) is 39.3 Å². The van der Waals surface area contributed by atoms with Gasteiger partial charge in [0.25, 0.3) is 11.8 Å². The number of halogens is 2. The van der Waals surface area contributed by atoms with Crippen LogP contribution in [-0.2, 0) is 0 Å². The van der Waals surface area contributed by atoms with Crippen molar-refractivity contribution in [2.24, 2.45) is 0 Å². The number of nitrogens with zero attached hydrogens (tertiary/aromatic N) is 1. The van der Waals surface area contributed by atoms with E-state index in [4.69, 9.17) is 21.4 Å². The van der Waals surface area contributed by atoms with Crippen molar-refractivity contribution >= 4 is 45.3 Å². The fraction of sp³-hybridized carbons (Fsp3) is 0.267. The number of aromatic amines is 1. The zero-order chi connectivity index (χ0) is 18.4. The molecule has 1 heterocycles. The monoisotopic (exact) mass is 430 g/mol. The molecule has 0 aliphatic heterocycles. The summed E-state index contributed by atoms with van der Waals surface area (Å²) in [5.41, 5.74) is 0.295. The predicted octanol–water partition coefficient (Wildman–Crippen LogP) is 2.94. The second-order valence-electron chi connectivity index (χ2n) is 5.11. The van der Waals surface area contributed by atoms with Crippen LogP contribution in [0.25, 0.3) is 0 Å². The van der Waals surface area contributed by atoms with Crippen LogP contribution in [0.3, 0.4) is 0 Å². The molecule has 1 aromatic heterocycles. The Kier molecular flexibility index (Phi) is 6.80. The van der Waals surface area contributed by atoms with Crippen LogP contribution in [0.15, 0.2) is 28.7 Å². The average Bonchev–Trinajstić information content (AvgIpc) is 2.88. The Balaban J connectivity index is 1.97. The molecule has 0 aliphatic carbocycles. The highest BCUT2D eigenvalue weighted by Crippen LogP contribution is 2.30. The van der Waals surface area contributed by atoms with Crippen molar-refractivity contribution in [2.75, 3.05) is 11.9 Å². The Bertz CT molecular complexity index is 766. The molecule has 0 bridgehead atoms.